The van der Waals surface area contributed by atoms with Crippen molar-refractivity contribution in [1.29, 1.82) is 0 Å². The number of halogens is 3. The molecule has 114 valence electrons. The Kier molecular flexibility index (Phi) is 4.04. The molecule has 0 radical (unpaired) electrons. The largest absolute Gasteiger partial charge is 0.419 e. The normalized spacial score (nSPS) is 12.7. The lowest BCUT2D eigenvalue weighted by Crippen LogP contribution is -2.35. The molecule has 0 aromatic carbocycles. The summed E-state index contributed by atoms with van der Waals surface area (Å²) in [7, 11) is 0. The zero-order valence-corrected chi connectivity index (χ0v) is 12.1. The van der Waals surface area contributed by atoms with Crippen LogP contribution in [-0.4, -0.2) is 20.3 Å². The van der Waals surface area contributed by atoms with Gasteiger partial charge in [-0.2, -0.15) is 18.3 Å². The van der Waals surface area contributed by atoms with Crippen LogP contribution in [0.25, 0.3) is 5.82 Å². The van der Waals surface area contributed by atoms with Crippen LogP contribution in [0.2, 0.25) is 0 Å². The van der Waals surface area contributed by atoms with Gasteiger partial charge in [0.2, 0.25) is 0 Å². The third-order valence-electron chi connectivity index (χ3n) is 2.78. The molecule has 0 bridgehead atoms. The fourth-order valence-corrected chi connectivity index (χ4v) is 1.66. The van der Waals surface area contributed by atoms with Crippen LogP contribution < -0.4 is 5.32 Å². The highest BCUT2D eigenvalue weighted by molar-refractivity contribution is 5.28. The van der Waals surface area contributed by atoms with Crippen molar-refractivity contribution < 1.29 is 13.2 Å². The van der Waals surface area contributed by atoms with Crippen LogP contribution in [0.15, 0.2) is 30.7 Å². The highest BCUT2D eigenvalue weighted by atomic mass is 19.4. The van der Waals surface area contributed by atoms with Crippen LogP contribution in [0.5, 0.6) is 0 Å². The minimum atomic E-state index is -4.40. The molecule has 0 aliphatic rings. The molecule has 21 heavy (non-hydrogen) atoms. The van der Waals surface area contributed by atoms with E-state index in [1.54, 1.807) is 12.3 Å². The molecule has 2 heterocycles. The van der Waals surface area contributed by atoms with Crippen LogP contribution in [0.4, 0.5) is 13.2 Å². The van der Waals surface area contributed by atoms with Crippen molar-refractivity contribution in [3.63, 3.8) is 0 Å². The van der Waals surface area contributed by atoms with Crippen molar-refractivity contribution in [2.24, 2.45) is 0 Å². The Morgan fingerprint density at radius 1 is 1.24 bits per heavy atom. The minimum absolute atomic E-state index is 0.0431. The van der Waals surface area contributed by atoms with Gasteiger partial charge in [-0.25, -0.2) is 9.67 Å². The molecule has 7 heteroatoms. The van der Waals surface area contributed by atoms with Crippen molar-refractivity contribution in [2.75, 3.05) is 0 Å². The van der Waals surface area contributed by atoms with Crippen LogP contribution in [0.3, 0.4) is 0 Å². The fraction of sp³-hybridized carbons (Fsp3) is 0.429. The molecule has 0 aliphatic carbocycles. The van der Waals surface area contributed by atoms with E-state index in [9.17, 15) is 13.2 Å². The molecule has 2 aromatic heterocycles. The van der Waals surface area contributed by atoms with E-state index >= 15 is 0 Å². The third-order valence-corrected chi connectivity index (χ3v) is 2.78. The molecule has 0 saturated carbocycles. The number of nitrogens with one attached hydrogen (secondary N) is 1. The summed E-state index contributed by atoms with van der Waals surface area (Å²) in [5, 5.41) is 7.03. The minimum Gasteiger partial charge on any atom is -0.308 e. The van der Waals surface area contributed by atoms with Gasteiger partial charge in [0.05, 0.1) is 11.8 Å². The number of hydrogen-bond acceptors (Lipinski definition) is 3. The van der Waals surface area contributed by atoms with E-state index in [4.69, 9.17) is 0 Å². The molecule has 0 saturated heterocycles. The van der Waals surface area contributed by atoms with Gasteiger partial charge in [-0.3, -0.25) is 0 Å². The average Bonchev–Trinajstić information content (AvgIpc) is 2.85. The first-order valence-electron chi connectivity index (χ1n) is 6.47. The SMILES string of the molecule is CC(C)(C)NCc1ccnc(-n2cc(C(F)(F)F)cn2)c1. The van der Waals surface area contributed by atoms with Crippen LogP contribution in [0.1, 0.15) is 31.9 Å². The lowest BCUT2D eigenvalue weighted by Gasteiger charge is -2.20. The maximum Gasteiger partial charge on any atom is 0.419 e. The highest BCUT2D eigenvalue weighted by Gasteiger charge is 2.32. The predicted molar refractivity (Wildman–Crippen MR) is 73.0 cm³/mol. The van der Waals surface area contributed by atoms with Crippen molar-refractivity contribution >= 4 is 0 Å². The second-order valence-corrected chi connectivity index (χ2v) is 5.80. The molecule has 0 aliphatic heterocycles. The van der Waals surface area contributed by atoms with Crippen molar-refractivity contribution in [3.05, 3.63) is 41.9 Å². The van der Waals surface area contributed by atoms with Gasteiger partial charge in [-0.15, -0.1) is 0 Å². The van der Waals surface area contributed by atoms with Gasteiger partial charge in [0.15, 0.2) is 5.82 Å². The molecule has 0 atom stereocenters. The third kappa shape index (κ3) is 4.29. The number of nitrogens with zero attached hydrogens (tertiary/aromatic N) is 3. The molecule has 1 N–H and O–H groups in total. The Balaban J connectivity index is 2.19. The van der Waals surface area contributed by atoms with Gasteiger partial charge >= 0.3 is 6.18 Å². The lowest BCUT2D eigenvalue weighted by atomic mass is 10.1. The van der Waals surface area contributed by atoms with Gasteiger partial charge in [0.25, 0.3) is 0 Å². The monoisotopic (exact) mass is 298 g/mol. The summed E-state index contributed by atoms with van der Waals surface area (Å²) in [6.45, 7) is 6.72. The van der Waals surface area contributed by atoms with Gasteiger partial charge in [-0.05, 0) is 38.5 Å². The number of aromatic nitrogens is 3. The number of rotatable bonds is 3. The van der Waals surface area contributed by atoms with Crippen molar-refractivity contribution in [2.45, 2.75) is 39.0 Å². The number of hydrogen-bond donors (Lipinski definition) is 1. The maximum absolute atomic E-state index is 12.6. The molecule has 0 spiro atoms. The van der Waals surface area contributed by atoms with E-state index in [-0.39, 0.29) is 5.54 Å². The van der Waals surface area contributed by atoms with Crippen LogP contribution in [-0.2, 0) is 12.7 Å². The van der Waals surface area contributed by atoms with Crippen molar-refractivity contribution in [3.8, 4) is 5.82 Å². The van der Waals surface area contributed by atoms with E-state index in [0.717, 1.165) is 22.6 Å². The Labute approximate surface area is 121 Å². The molecule has 0 unspecified atom stereocenters. The maximum atomic E-state index is 12.6. The smallest absolute Gasteiger partial charge is 0.308 e. The van der Waals surface area contributed by atoms with E-state index in [1.165, 1.54) is 0 Å². The highest BCUT2D eigenvalue weighted by Crippen LogP contribution is 2.28. The van der Waals surface area contributed by atoms with Crippen LogP contribution >= 0.6 is 0 Å². The van der Waals surface area contributed by atoms with E-state index in [2.05, 4.69) is 15.4 Å². The lowest BCUT2D eigenvalue weighted by molar-refractivity contribution is -0.137. The molecule has 4 nitrogen and oxygen atoms in total. The van der Waals surface area contributed by atoms with Gasteiger partial charge < -0.3 is 5.32 Å². The first-order chi connectivity index (χ1) is 9.65. The Morgan fingerprint density at radius 2 is 1.95 bits per heavy atom. The zero-order valence-electron chi connectivity index (χ0n) is 12.1. The molecular formula is C14H17F3N4. The second-order valence-electron chi connectivity index (χ2n) is 5.80. The standard InChI is InChI=1S/C14H17F3N4/c1-13(2,3)19-7-10-4-5-18-12(6-10)21-9-11(8-20-21)14(15,16)17/h4-6,8-9,19H,7H2,1-3H3. The van der Waals surface area contributed by atoms with E-state index < -0.39 is 11.7 Å². The summed E-state index contributed by atoms with van der Waals surface area (Å²) in [4.78, 5) is 4.05. The summed E-state index contributed by atoms with van der Waals surface area (Å²) in [6.07, 6.45) is -1.11. The van der Waals surface area contributed by atoms with E-state index in [0.29, 0.717) is 12.4 Å². The molecule has 2 aromatic rings. The van der Waals surface area contributed by atoms with Gasteiger partial charge in [-0.1, -0.05) is 0 Å². The topological polar surface area (TPSA) is 42.7 Å². The van der Waals surface area contributed by atoms with Crippen LogP contribution in [0, 0.1) is 0 Å². The van der Waals surface area contributed by atoms with Crippen molar-refractivity contribution in [1.82, 2.24) is 20.1 Å². The average molecular weight is 298 g/mol. The Bertz CT molecular complexity index is 611. The van der Waals surface area contributed by atoms with Gasteiger partial charge in [0, 0.05) is 24.5 Å². The summed E-state index contributed by atoms with van der Waals surface area (Å²) < 4.78 is 38.8. The number of pyridine rings is 1. The molecular weight excluding hydrogens is 281 g/mol. The Morgan fingerprint density at radius 3 is 2.52 bits per heavy atom. The zero-order chi connectivity index (χ0) is 15.7. The summed E-state index contributed by atoms with van der Waals surface area (Å²) >= 11 is 0. The molecule has 0 fully saturated rings. The first kappa shape index (κ1) is 15.5. The summed E-state index contributed by atoms with van der Waals surface area (Å²) in [5.41, 5.74) is 0.0972. The quantitative estimate of drug-likeness (QED) is 0.946. The summed E-state index contributed by atoms with van der Waals surface area (Å²) in [6, 6.07) is 3.53. The number of alkyl halides is 3. The fourth-order valence-electron chi connectivity index (χ4n) is 1.66. The predicted octanol–water partition coefficient (Wildman–Crippen LogP) is 3.17. The van der Waals surface area contributed by atoms with E-state index in [1.807, 2.05) is 26.8 Å². The first-order valence-corrected chi connectivity index (χ1v) is 6.47. The molecule has 2 rings (SSSR count). The molecule has 0 amide bonds. The second kappa shape index (κ2) is 5.48. The Hall–Kier alpha value is -1.89. The van der Waals surface area contributed by atoms with Gasteiger partial charge in [0.1, 0.15) is 0 Å². The summed E-state index contributed by atoms with van der Waals surface area (Å²) in [5.74, 6) is 0.360.